The predicted octanol–water partition coefficient (Wildman–Crippen LogP) is 2.46. The number of aromatic nitrogens is 1. The van der Waals surface area contributed by atoms with Crippen LogP contribution in [0.3, 0.4) is 0 Å². The second-order valence-corrected chi connectivity index (χ2v) is 6.54. The zero-order valence-electron chi connectivity index (χ0n) is 10.3. The molecule has 3 rings (SSSR count). The molecule has 2 aliphatic carbocycles. The summed E-state index contributed by atoms with van der Waals surface area (Å²) in [7, 11) is 1.90. The molecule has 0 spiro atoms. The van der Waals surface area contributed by atoms with Crippen molar-refractivity contribution >= 4 is 17.2 Å². The van der Waals surface area contributed by atoms with Gasteiger partial charge in [0.2, 0.25) is 5.91 Å². The Hall–Kier alpha value is -0.900. The van der Waals surface area contributed by atoms with Crippen LogP contribution in [0.5, 0.6) is 0 Å². The van der Waals surface area contributed by atoms with Crippen molar-refractivity contribution in [3.05, 3.63) is 16.1 Å². The maximum absolute atomic E-state index is 12.2. The van der Waals surface area contributed by atoms with Gasteiger partial charge in [0.1, 0.15) is 0 Å². The van der Waals surface area contributed by atoms with Crippen molar-refractivity contribution in [2.24, 2.45) is 17.8 Å². The molecule has 1 aromatic heterocycles. The molecule has 0 saturated heterocycles. The minimum Gasteiger partial charge on any atom is -0.340 e. The fraction of sp³-hybridized carbons (Fsp3) is 0.692. The molecule has 4 heteroatoms. The molecule has 0 N–H and O–H groups in total. The van der Waals surface area contributed by atoms with Crippen LogP contribution in [0.1, 0.15) is 30.0 Å². The van der Waals surface area contributed by atoms with E-state index in [1.807, 2.05) is 24.3 Å². The molecule has 0 aromatic carbocycles. The van der Waals surface area contributed by atoms with Gasteiger partial charge >= 0.3 is 0 Å². The van der Waals surface area contributed by atoms with Crippen molar-refractivity contribution in [1.29, 1.82) is 0 Å². The van der Waals surface area contributed by atoms with Crippen LogP contribution in [0.15, 0.2) is 5.38 Å². The van der Waals surface area contributed by atoms with Gasteiger partial charge in [-0.05, 0) is 38.0 Å². The number of aryl methyl sites for hydroxylation is 1. The Kier molecular flexibility index (Phi) is 2.69. The van der Waals surface area contributed by atoms with Crippen LogP contribution in [0, 0.1) is 24.7 Å². The Morgan fingerprint density at radius 2 is 2.18 bits per heavy atom. The number of amides is 1. The van der Waals surface area contributed by atoms with Crippen molar-refractivity contribution in [3.63, 3.8) is 0 Å². The van der Waals surface area contributed by atoms with E-state index >= 15 is 0 Å². The van der Waals surface area contributed by atoms with Crippen LogP contribution in [-0.4, -0.2) is 22.8 Å². The first-order valence-corrected chi connectivity index (χ1v) is 7.17. The maximum atomic E-state index is 12.2. The second-order valence-electron chi connectivity index (χ2n) is 5.48. The zero-order chi connectivity index (χ0) is 12.0. The van der Waals surface area contributed by atoms with E-state index in [-0.39, 0.29) is 0 Å². The van der Waals surface area contributed by atoms with E-state index in [1.54, 1.807) is 11.3 Å². The topological polar surface area (TPSA) is 33.2 Å². The summed E-state index contributed by atoms with van der Waals surface area (Å²) in [5.41, 5.74) is 1.02. The molecular weight excluding hydrogens is 232 g/mol. The Bertz CT molecular complexity index is 432. The molecule has 2 aliphatic rings. The molecule has 0 aliphatic heterocycles. The van der Waals surface area contributed by atoms with E-state index in [0.717, 1.165) is 35.4 Å². The van der Waals surface area contributed by atoms with Crippen molar-refractivity contribution in [1.82, 2.24) is 9.88 Å². The van der Waals surface area contributed by atoms with Crippen LogP contribution < -0.4 is 0 Å². The van der Waals surface area contributed by atoms with Gasteiger partial charge in [-0.2, -0.15) is 0 Å². The van der Waals surface area contributed by atoms with Crippen LogP contribution in [0.4, 0.5) is 0 Å². The molecule has 0 radical (unpaired) electrons. The minimum atomic E-state index is 0.295. The van der Waals surface area contributed by atoms with Crippen LogP contribution >= 0.6 is 11.3 Å². The summed E-state index contributed by atoms with van der Waals surface area (Å²) in [6, 6.07) is 0. The standard InChI is InChI=1S/C13H18N2OS/c1-8-14-12(7-17-8)6-15(2)13(16)11-4-9-3-10(9)5-11/h7,9-11H,3-6H2,1-2H3. The summed E-state index contributed by atoms with van der Waals surface area (Å²) in [6.45, 7) is 2.66. The fourth-order valence-corrected chi connectivity index (χ4v) is 3.63. The highest BCUT2D eigenvalue weighted by Gasteiger charge is 2.48. The SMILES string of the molecule is Cc1nc(CN(C)C(=O)C2CC3CC3C2)cs1. The van der Waals surface area contributed by atoms with E-state index in [9.17, 15) is 4.79 Å². The molecule has 0 bridgehead atoms. The van der Waals surface area contributed by atoms with Crippen molar-refractivity contribution in [2.75, 3.05) is 7.05 Å². The molecule has 17 heavy (non-hydrogen) atoms. The van der Waals surface area contributed by atoms with E-state index in [4.69, 9.17) is 0 Å². The number of hydrogen-bond donors (Lipinski definition) is 0. The molecule has 92 valence electrons. The Morgan fingerprint density at radius 1 is 1.47 bits per heavy atom. The van der Waals surface area contributed by atoms with E-state index in [1.165, 1.54) is 6.42 Å². The molecule has 1 heterocycles. The van der Waals surface area contributed by atoms with Gasteiger partial charge in [-0.3, -0.25) is 4.79 Å². The van der Waals surface area contributed by atoms with Gasteiger partial charge in [0.25, 0.3) is 0 Å². The molecule has 2 fully saturated rings. The number of rotatable bonds is 3. The minimum absolute atomic E-state index is 0.295. The third-order valence-electron chi connectivity index (χ3n) is 4.03. The summed E-state index contributed by atoms with van der Waals surface area (Å²) in [4.78, 5) is 18.5. The van der Waals surface area contributed by atoms with Gasteiger partial charge in [-0.25, -0.2) is 4.98 Å². The second kappa shape index (κ2) is 4.09. The van der Waals surface area contributed by atoms with Crippen LogP contribution in [0.2, 0.25) is 0 Å². The number of fused-ring (bicyclic) bond motifs is 1. The largest absolute Gasteiger partial charge is 0.340 e. The van der Waals surface area contributed by atoms with Crippen LogP contribution in [-0.2, 0) is 11.3 Å². The first-order chi connectivity index (χ1) is 8.13. The summed E-state index contributed by atoms with van der Waals surface area (Å²) in [5, 5.41) is 3.12. The monoisotopic (exact) mass is 250 g/mol. The summed E-state index contributed by atoms with van der Waals surface area (Å²) >= 11 is 1.65. The Morgan fingerprint density at radius 3 is 2.76 bits per heavy atom. The van der Waals surface area contributed by atoms with E-state index < -0.39 is 0 Å². The quantitative estimate of drug-likeness (QED) is 0.825. The predicted molar refractivity (Wildman–Crippen MR) is 67.6 cm³/mol. The molecule has 2 saturated carbocycles. The van der Waals surface area contributed by atoms with E-state index in [0.29, 0.717) is 18.4 Å². The first-order valence-electron chi connectivity index (χ1n) is 6.29. The molecule has 1 amide bonds. The Balaban J connectivity index is 1.58. The van der Waals surface area contributed by atoms with Gasteiger partial charge in [0, 0.05) is 18.3 Å². The highest BCUT2D eigenvalue weighted by Crippen LogP contribution is 2.54. The highest BCUT2D eigenvalue weighted by atomic mass is 32.1. The van der Waals surface area contributed by atoms with E-state index in [2.05, 4.69) is 4.98 Å². The van der Waals surface area contributed by atoms with Gasteiger partial charge in [0.15, 0.2) is 0 Å². The lowest BCUT2D eigenvalue weighted by Crippen LogP contribution is -2.32. The third-order valence-corrected chi connectivity index (χ3v) is 4.86. The highest BCUT2D eigenvalue weighted by molar-refractivity contribution is 7.09. The number of thiazole rings is 1. The summed E-state index contributed by atoms with van der Waals surface area (Å²) in [6.07, 6.45) is 3.63. The number of carbonyl (C=O) groups is 1. The smallest absolute Gasteiger partial charge is 0.225 e. The molecule has 1 aromatic rings. The molecular formula is C13H18N2OS. The summed E-state index contributed by atoms with van der Waals surface area (Å²) in [5.74, 6) is 2.36. The Labute approximate surface area is 106 Å². The zero-order valence-corrected chi connectivity index (χ0v) is 11.2. The third kappa shape index (κ3) is 2.23. The summed E-state index contributed by atoms with van der Waals surface area (Å²) < 4.78 is 0. The van der Waals surface area contributed by atoms with Crippen LogP contribution in [0.25, 0.3) is 0 Å². The first kappa shape index (κ1) is 11.2. The fourth-order valence-electron chi connectivity index (χ4n) is 3.03. The lowest BCUT2D eigenvalue weighted by Gasteiger charge is -2.21. The molecule has 2 unspecified atom stereocenters. The van der Waals surface area contributed by atoms with Gasteiger partial charge < -0.3 is 4.90 Å². The number of carbonyl (C=O) groups excluding carboxylic acids is 1. The average molecular weight is 250 g/mol. The molecule has 3 nitrogen and oxygen atoms in total. The average Bonchev–Trinajstić information content (AvgIpc) is 2.72. The lowest BCUT2D eigenvalue weighted by atomic mass is 10.0. The van der Waals surface area contributed by atoms with Gasteiger partial charge in [-0.15, -0.1) is 11.3 Å². The normalized spacial score (nSPS) is 30.1. The number of nitrogens with zero attached hydrogens (tertiary/aromatic N) is 2. The van der Waals surface area contributed by atoms with Gasteiger partial charge in [-0.1, -0.05) is 0 Å². The number of hydrogen-bond acceptors (Lipinski definition) is 3. The lowest BCUT2D eigenvalue weighted by molar-refractivity contribution is -0.134. The maximum Gasteiger partial charge on any atom is 0.225 e. The molecule has 2 atom stereocenters. The van der Waals surface area contributed by atoms with Crippen molar-refractivity contribution < 1.29 is 4.79 Å². The van der Waals surface area contributed by atoms with Crippen molar-refractivity contribution in [2.45, 2.75) is 32.7 Å². The van der Waals surface area contributed by atoms with Gasteiger partial charge in [0.05, 0.1) is 17.2 Å². The van der Waals surface area contributed by atoms with Crippen molar-refractivity contribution in [3.8, 4) is 0 Å².